The number of carbonyl (C=O) groups is 1. The first kappa shape index (κ1) is 22.3. The van der Waals surface area contributed by atoms with E-state index in [1.54, 1.807) is 11.3 Å². The number of amides is 1. The van der Waals surface area contributed by atoms with Crippen molar-refractivity contribution in [2.75, 3.05) is 11.1 Å². The van der Waals surface area contributed by atoms with Crippen LogP contribution in [0.3, 0.4) is 0 Å². The number of carbonyl (C=O) groups excluding carboxylic acids is 1. The first-order valence-corrected chi connectivity index (χ1v) is 12.3. The lowest BCUT2D eigenvalue weighted by atomic mass is 10.0. The van der Waals surface area contributed by atoms with Crippen molar-refractivity contribution in [1.82, 2.24) is 14.8 Å². The molecule has 4 rings (SSSR count). The van der Waals surface area contributed by atoms with Gasteiger partial charge in [-0.05, 0) is 50.5 Å². The van der Waals surface area contributed by atoms with Gasteiger partial charge in [-0.3, -0.25) is 4.79 Å². The van der Waals surface area contributed by atoms with Crippen LogP contribution in [0.5, 0.6) is 0 Å². The zero-order chi connectivity index (χ0) is 22.8. The van der Waals surface area contributed by atoms with Crippen LogP contribution in [0, 0.1) is 27.7 Å². The summed E-state index contributed by atoms with van der Waals surface area (Å²) in [6.07, 6.45) is 0. The molecule has 0 radical (unpaired) electrons. The van der Waals surface area contributed by atoms with Crippen LogP contribution in [0.1, 0.15) is 21.6 Å². The monoisotopic (exact) mass is 462 g/mol. The van der Waals surface area contributed by atoms with Gasteiger partial charge in [0.25, 0.3) is 0 Å². The highest BCUT2D eigenvalue weighted by atomic mass is 32.2. The zero-order valence-corrected chi connectivity index (χ0v) is 20.5. The maximum atomic E-state index is 12.5. The van der Waals surface area contributed by atoms with Gasteiger partial charge in [-0.25, -0.2) is 0 Å². The van der Waals surface area contributed by atoms with Crippen LogP contribution < -0.4 is 5.32 Å². The molecule has 32 heavy (non-hydrogen) atoms. The predicted molar refractivity (Wildman–Crippen MR) is 134 cm³/mol. The van der Waals surface area contributed by atoms with Gasteiger partial charge < -0.3 is 9.88 Å². The molecule has 2 aromatic carbocycles. The van der Waals surface area contributed by atoms with Gasteiger partial charge in [-0.15, -0.1) is 21.5 Å². The summed E-state index contributed by atoms with van der Waals surface area (Å²) < 4.78 is 1.97. The Kier molecular flexibility index (Phi) is 6.48. The Morgan fingerprint density at radius 1 is 1.06 bits per heavy atom. The van der Waals surface area contributed by atoms with E-state index >= 15 is 0 Å². The average Bonchev–Trinajstić information content (AvgIpc) is 3.32. The third-order valence-corrected chi connectivity index (χ3v) is 7.53. The Labute approximate surface area is 196 Å². The second kappa shape index (κ2) is 9.30. The first-order chi connectivity index (χ1) is 15.3. The number of hydrogen-bond donors (Lipinski definition) is 1. The second-order valence-electron chi connectivity index (χ2n) is 7.90. The Hall–Kier alpha value is -2.90. The molecule has 2 aromatic heterocycles. The molecule has 4 aromatic rings. The number of benzene rings is 2. The Morgan fingerprint density at radius 3 is 2.56 bits per heavy atom. The topological polar surface area (TPSA) is 59.8 Å². The molecular weight excluding hydrogens is 436 g/mol. The van der Waals surface area contributed by atoms with Crippen molar-refractivity contribution >= 4 is 34.7 Å². The predicted octanol–water partition coefficient (Wildman–Crippen LogP) is 6.18. The highest BCUT2D eigenvalue weighted by Crippen LogP contribution is 2.39. The first-order valence-electron chi connectivity index (χ1n) is 10.4. The fourth-order valence-corrected chi connectivity index (χ4v) is 5.15. The van der Waals surface area contributed by atoms with Gasteiger partial charge >= 0.3 is 0 Å². The van der Waals surface area contributed by atoms with Crippen LogP contribution in [-0.2, 0) is 11.8 Å². The van der Waals surface area contributed by atoms with Crippen LogP contribution in [0.25, 0.3) is 22.5 Å². The number of anilines is 1. The van der Waals surface area contributed by atoms with E-state index in [2.05, 4.69) is 59.0 Å². The van der Waals surface area contributed by atoms with E-state index in [0.717, 1.165) is 33.4 Å². The standard InChI is InChI=1S/C25H26N4OS2/c1-15-9-11-19(12-10-15)23-18(4)31-13-20(23)24-27-28-25(29(24)5)32-14-22(30)26-21-8-6-7-16(2)17(21)3/h6-13H,14H2,1-5H3,(H,26,30). The van der Waals surface area contributed by atoms with Gasteiger partial charge in [-0.2, -0.15) is 0 Å². The molecule has 0 saturated carbocycles. The number of thioether (sulfide) groups is 1. The third kappa shape index (κ3) is 4.49. The molecule has 1 amide bonds. The van der Waals surface area contributed by atoms with Gasteiger partial charge in [0.1, 0.15) is 0 Å². The fourth-order valence-electron chi connectivity index (χ4n) is 3.58. The third-order valence-electron chi connectivity index (χ3n) is 5.60. The lowest BCUT2D eigenvalue weighted by Crippen LogP contribution is -2.15. The Morgan fingerprint density at radius 2 is 1.81 bits per heavy atom. The highest BCUT2D eigenvalue weighted by molar-refractivity contribution is 7.99. The smallest absolute Gasteiger partial charge is 0.234 e. The van der Waals surface area contributed by atoms with E-state index in [1.165, 1.54) is 33.3 Å². The highest BCUT2D eigenvalue weighted by Gasteiger charge is 2.19. The van der Waals surface area contributed by atoms with E-state index in [4.69, 9.17) is 0 Å². The lowest BCUT2D eigenvalue weighted by molar-refractivity contribution is -0.113. The summed E-state index contributed by atoms with van der Waals surface area (Å²) in [4.78, 5) is 13.8. The van der Waals surface area contributed by atoms with Crippen molar-refractivity contribution in [3.8, 4) is 22.5 Å². The minimum Gasteiger partial charge on any atom is -0.325 e. The normalized spacial score (nSPS) is 11.0. The fraction of sp³-hybridized carbons (Fsp3) is 0.240. The van der Waals surface area contributed by atoms with Gasteiger partial charge in [0, 0.05) is 34.1 Å². The van der Waals surface area contributed by atoms with E-state index in [9.17, 15) is 4.79 Å². The van der Waals surface area contributed by atoms with E-state index in [0.29, 0.717) is 0 Å². The Balaban J connectivity index is 1.52. The van der Waals surface area contributed by atoms with Crippen molar-refractivity contribution in [2.24, 2.45) is 7.05 Å². The molecule has 0 aliphatic rings. The molecule has 0 unspecified atom stereocenters. The number of rotatable bonds is 6. The van der Waals surface area contributed by atoms with Crippen LogP contribution in [-0.4, -0.2) is 26.4 Å². The molecule has 2 heterocycles. The summed E-state index contributed by atoms with van der Waals surface area (Å²) in [5, 5.41) is 14.7. The summed E-state index contributed by atoms with van der Waals surface area (Å²) in [6, 6.07) is 14.5. The van der Waals surface area contributed by atoms with Crippen LogP contribution in [0.4, 0.5) is 5.69 Å². The molecule has 1 N–H and O–H groups in total. The molecule has 0 aliphatic heterocycles. The van der Waals surface area contributed by atoms with Crippen molar-refractivity contribution in [3.05, 3.63) is 69.4 Å². The quantitative estimate of drug-likeness (QED) is 0.348. The number of nitrogens with one attached hydrogen (secondary N) is 1. The van der Waals surface area contributed by atoms with Crippen molar-refractivity contribution in [1.29, 1.82) is 0 Å². The molecule has 0 spiro atoms. The van der Waals surface area contributed by atoms with Gasteiger partial charge in [0.05, 0.1) is 5.75 Å². The van der Waals surface area contributed by atoms with Crippen molar-refractivity contribution in [2.45, 2.75) is 32.9 Å². The summed E-state index contributed by atoms with van der Waals surface area (Å²) in [5.74, 6) is 1.02. The molecule has 0 fully saturated rings. The molecule has 7 heteroatoms. The molecule has 0 bridgehead atoms. The molecular formula is C25H26N4OS2. The van der Waals surface area contributed by atoms with Crippen molar-refractivity contribution in [3.63, 3.8) is 0 Å². The van der Waals surface area contributed by atoms with Gasteiger partial charge in [0.15, 0.2) is 11.0 Å². The number of aromatic nitrogens is 3. The SMILES string of the molecule is Cc1ccc(-c2c(-c3nnc(SCC(=O)Nc4cccc(C)c4C)n3C)csc2C)cc1. The summed E-state index contributed by atoms with van der Waals surface area (Å²) in [7, 11) is 1.95. The molecule has 0 atom stereocenters. The average molecular weight is 463 g/mol. The minimum atomic E-state index is -0.0556. The molecule has 0 saturated heterocycles. The minimum absolute atomic E-state index is 0.0556. The lowest BCUT2D eigenvalue weighted by Gasteiger charge is -2.10. The summed E-state index contributed by atoms with van der Waals surface area (Å²) in [6.45, 7) is 8.28. The van der Waals surface area contributed by atoms with Crippen LogP contribution in [0.2, 0.25) is 0 Å². The van der Waals surface area contributed by atoms with Gasteiger partial charge in [0.2, 0.25) is 5.91 Å². The maximum Gasteiger partial charge on any atom is 0.234 e. The molecule has 0 aliphatic carbocycles. The van der Waals surface area contributed by atoms with E-state index in [1.807, 2.05) is 43.7 Å². The Bertz CT molecular complexity index is 1270. The number of nitrogens with zero attached hydrogens (tertiary/aromatic N) is 3. The van der Waals surface area contributed by atoms with Gasteiger partial charge in [-0.1, -0.05) is 53.7 Å². The van der Waals surface area contributed by atoms with Crippen LogP contribution >= 0.6 is 23.1 Å². The zero-order valence-electron chi connectivity index (χ0n) is 18.9. The number of hydrogen-bond acceptors (Lipinski definition) is 5. The van der Waals surface area contributed by atoms with E-state index < -0.39 is 0 Å². The van der Waals surface area contributed by atoms with Crippen molar-refractivity contribution < 1.29 is 4.79 Å². The summed E-state index contributed by atoms with van der Waals surface area (Å²) >= 11 is 3.10. The largest absolute Gasteiger partial charge is 0.325 e. The van der Waals surface area contributed by atoms with Crippen LogP contribution in [0.15, 0.2) is 53.0 Å². The second-order valence-corrected chi connectivity index (χ2v) is 9.92. The molecule has 5 nitrogen and oxygen atoms in total. The molecule has 164 valence electrons. The number of thiophene rings is 1. The maximum absolute atomic E-state index is 12.5. The number of aryl methyl sites for hydroxylation is 3. The summed E-state index contributed by atoms with van der Waals surface area (Å²) in [5.41, 5.74) is 7.76. The van der Waals surface area contributed by atoms with E-state index in [-0.39, 0.29) is 11.7 Å².